The molecule has 1 N–H and O–H groups in total. The average Bonchev–Trinajstić information content (AvgIpc) is 3.23. The lowest BCUT2D eigenvalue weighted by atomic mass is 9.76. The zero-order valence-corrected chi connectivity index (χ0v) is 10.9. The smallest absolute Gasteiger partial charge is 0.294 e. The van der Waals surface area contributed by atoms with Crippen LogP contribution in [0.1, 0.15) is 18.9 Å². The molecule has 0 aromatic carbocycles. The molecule has 1 aromatic heterocycles. The van der Waals surface area contributed by atoms with Crippen molar-refractivity contribution in [2.75, 3.05) is 6.61 Å². The molecule has 3 atom stereocenters. The first-order valence-electron chi connectivity index (χ1n) is 6.38. The Hall–Kier alpha value is -2.15. The Morgan fingerprint density at radius 2 is 2.40 bits per heavy atom. The molecule has 1 aromatic rings. The Labute approximate surface area is 115 Å². The molecule has 7 heteroatoms. The molecule has 7 nitrogen and oxygen atoms in total. The minimum atomic E-state index is -0.432. The molecule has 0 amide bonds. The van der Waals surface area contributed by atoms with Gasteiger partial charge in [-0.05, 0) is 24.0 Å². The maximum absolute atomic E-state index is 11.1. The molecule has 0 radical (unpaired) electrons. The number of rotatable bonds is 3. The van der Waals surface area contributed by atoms with Gasteiger partial charge in [-0.1, -0.05) is 13.0 Å². The Morgan fingerprint density at radius 3 is 3.00 bits per heavy atom. The normalized spacial score (nSPS) is 31.8. The maximum Gasteiger partial charge on any atom is 0.294 e. The van der Waals surface area contributed by atoms with Crippen LogP contribution < -0.4 is 0 Å². The Bertz CT molecular complexity index is 609. The second-order valence-corrected chi connectivity index (χ2v) is 5.26. The number of nitro groups is 1. The van der Waals surface area contributed by atoms with Crippen LogP contribution in [0.25, 0.3) is 5.57 Å². The molecule has 1 fully saturated rings. The topological polar surface area (TPSA) is 105 Å². The fourth-order valence-electron chi connectivity index (χ4n) is 2.88. The van der Waals surface area contributed by atoms with Crippen LogP contribution in [0, 0.1) is 21.6 Å². The van der Waals surface area contributed by atoms with Crippen LogP contribution in [0.5, 0.6) is 0 Å². The first kappa shape index (κ1) is 12.9. The third-order valence-electron chi connectivity index (χ3n) is 4.18. The predicted molar refractivity (Wildman–Crippen MR) is 70.3 cm³/mol. The molecule has 1 spiro atoms. The van der Waals surface area contributed by atoms with E-state index in [1.165, 1.54) is 6.20 Å². The lowest BCUT2D eigenvalue weighted by molar-refractivity contribution is -0.385. The van der Waals surface area contributed by atoms with Gasteiger partial charge >= 0.3 is 0 Å². The van der Waals surface area contributed by atoms with Crippen LogP contribution in [0.15, 0.2) is 29.7 Å². The molecule has 3 rings (SSSR count). The molecule has 2 heterocycles. The number of ether oxygens (including phenoxy) is 1. The molecular weight excluding hydrogens is 260 g/mol. The Balaban J connectivity index is 2.05. The number of nitrogens with one attached hydrogen (secondary N) is 1. The van der Waals surface area contributed by atoms with Crippen LogP contribution in [-0.4, -0.2) is 28.2 Å². The maximum atomic E-state index is 11.1. The number of aromatic nitrogens is 1. The third kappa shape index (κ3) is 1.82. The van der Waals surface area contributed by atoms with E-state index < -0.39 is 4.92 Å². The molecule has 2 aliphatic rings. The summed E-state index contributed by atoms with van der Waals surface area (Å²) in [6, 6.07) is 1.28. The minimum Gasteiger partial charge on any atom is -0.367 e. The van der Waals surface area contributed by atoms with E-state index in [9.17, 15) is 10.1 Å². The first-order chi connectivity index (χ1) is 9.58. The highest BCUT2D eigenvalue weighted by atomic mass is 16.6. The van der Waals surface area contributed by atoms with E-state index in [2.05, 4.69) is 10.1 Å². The standard InChI is InChI=1S/C13H14N4O3/c1-8-4-9(5-12(16-14)13(8)7-20-13)10-2-3-15-6-11(10)17(18)19/h2-3,5-6,8,12,14H,4,7H2,1H3/t8-,12+,13+/m0/s1. The highest BCUT2D eigenvalue weighted by molar-refractivity contribution is 5.74. The molecular formula is C13H14N4O3. The van der Waals surface area contributed by atoms with Gasteiger partial charge in [0.1, 0.15) is 17.8 Å². The number of allylic oxidation sites excluding steroid dienone is 1. The Morgan fingerprint density at radius 1 is 1.65 bits per heavy atom. The summed E-state index contributed by atoms with van der Waals surface area (Å²) in [5.74, 6) is 0.175. The second kappa shape index (κ2) is 4.45. The summed E-state index contributed by atoms with van der Waals surface area (Å²) in [5.41, 5.74) is 8.35. The van der Waals surface area contributed by atoms with Gasteiger partial charge in [-0.2, -0.15) is 5.11 Å². The van der Waals surface area contributed by atoms with Gasteiger partial charge in [0.25, 0.3) is 5.69 Å². The molecule has 0 bridgehead atoms. The van der Waals surface area contributed by atoms with E-state index in [0.29, 0.717) is 18.6 Å². The summed E-state index contributed by atoms with van der Waals surface area (Å²) in [6.45, 7) is 2.63. The van der Waals surface area contributed by atoms with Crippen LogP contribution >= 0.6 is 0 Å². The van der Waals surface area contributed by atoms with Gasteiger partial charge in [0.05, 0.1) is 17.1 Å². The summed E-state index contributed by atoms with van der Waals surface area (Å²) in [5, 5.41) is 14.7. The summed E-state index contributed by atoms with van der Waals surface area (Å²) in [6.07, 6.45) is 5.30. The SMILES string of the molecule is C[C@H]1CC(c2ccncc2[N+](=O)[O-])=C[C@@H](N=N)[C@@]12CO2. The van der Waals surface area contributed by atoms with Crippen molar-refractivity contribution in [3.8, 4) is 0 Å². The fourth-order valence-corrected chi connectivity index (χ4v) is 2.88. The van der Waals surface area contributed by atoms with Crippen molar-refractivity contribution in [3.63, 3.8) is 0 Å². The third-order valence-corrected chi connectivity index (χ3v) is 4.18. The zero-order chi connectivity index (χ0) is 14.3. The lowest BCUT2D eigenvalue weighted by Crippen LogP contribution is -2.37. The molecule has 0 unspecified atom stereocenters. The lowest BCUT2D eigenvalue weighted by Gasteiger charge is -2.30. The molecule has 1 saturated heterocycles. The summed E-state index contributed by atoms with van der Waals surface area (Å²) in [7, 11) is 0. The van der Waals surface area contributed by atoms with Crippen molar-refractivity contribution in [2.24, 2.45) is 11.0 Å². The fraction of sp³-hybridized carbons (Fsp3) is 0.462. The highest BCUT2D eigenvalue weighted by Gasteiger charge is 2.57. The van der Waals surface area contributed by atoms with Crippen molar-refractivity contribution in [3.05, 3.63) is 40.2 Å². The van der Waals surface area contributed by atoms with E-state index in [1.807, 2.05) is 13.0 Å². The van der Waals surface area contributed by atoms with E-state index in [4.69, 9.17) is 10.3 Å². The minimum absolute atomic E-state index is 0.0117. The summed E-state index contributed by atoms with van der Waals surface area (Å²) < 4.78 is 5.51. The average molecular weight is 274 g/mol. The van der Waals surface area contributed by atoms with Crippen molar-refractivity contribution >= 4 is 11.3 Å². The van der Waals surface area contributed by atoms with Gasteiger partial charge in [-0.25, -0.2) is 5.53 Å². The van der Waals surface area contributed by atoms with Crippen LogP contribution in [0.4, 0.5) is 5.69 Å². The van der Waals surface area contributed by atoms with E-state index in [0.717, 1.165) is 5.57 Å². The molecule has 0 saturated carbocycles. The van der Waals surface area contributed by atoms with E-state index in [1.54, 1.807) is 12.3 Å². The summed E-state index contributed by atoms with van der Waals surface area (Å²) >= 11 is 0. The highest BCUT2D eigenvalue weighted by Crippen LogP contribution is 2.49. The number of hydrogen-bond acceptors (Lipinski definition) is 6. The van der Waals surface area contributed by atoms with Crippen molar-refractivity contribution in [1.29, 1.82) is 5.53 Å². The first-order valence-corrected chi connectivity index (χ1v) is 6.38. The van der Waals surface area contributed by atoms with E-state index in [-0.39, 0.29) is 23.2 Å². The van der Waals surface area contributed by atoms with Gasteiger partial charge in [0, 0.05) is 6.20 Å². The number of hydrogen-bond donors (Lipinski definition) is 1. The van der Waals surface area contributed by atoms with Gasteiger partial charge in [-0.3, -0.25) is 15.1 Å². The molecule has 104 valence electrons. The monoisotopic (exact) mass is 274 g/mol. The second-order valence-electron chi connectivity index (χ2n) is 5.26. The van der Waals surface area contributed by atoms with Crippen molar-refractivity contribution < 1.29 is 9.66 Å². The van der Waals surface area contributed by atoms with Gasteiger partial charge < -0.3 is 4.74 Å². The quantitative estimate of drug-likeness (QED) is 0.395. The molecule has 1 aliphatic carbocycles. The zero-order valence-electron chi connectivity index (χ0n) is 10.9. The summed E-state index contributed by atoms with van der Waals surface area (Å²) in [4.78, 5) is 14.5. The van der Waals surface area contributed by atoms with Gasteiger partial charge in [-0.15, -0.1) is 0 Å². The largest absolute Gasteiger partial charge is 0.367 e. The molecule has 20 heavy (non-hydrogen) atoms. The van der Waals surface area contributed by atoms with Crippen LogP contribution in [-0.2, 0) is 4.74 Å². The molecule has 1 aliphatic heterocycles. The number of nitrogens with zero attached hydrogens (tertiary/aromatic N) is 3. The van der Waals surface area contributed by atoms with Crippen molar-refractivity contribution in [2.45, 2.75) is 25.0 Å². The van der Waals surface area contributed by atoms with Crippen molar-refractivity contribution in [1.82, 2.24) is 4.98 Å². The number of pyridine rings is 1. The number of epoxide rings is 1. The Kier molecular flexibility index (Phi) is 2.86. The predicted octanol–water partition coefficient (Wildman–Crippen LogP) is 2.58. The van der Waals surface area contributed by atoms with Crippen LogP contribution in [0.2, 0.25) is 0 Å². The van der Waals surface area contributed by atoms with Gasteiger partial charge in [0.2, 0.25) is 0 Å². The van der Waals surface area contributed by atoms with Gasteiger partial charge in [0.15, 0.2) is 0 Å². The van der Waals surface area contributed by atoms with E-state index >= 15 is 0 Å². The van der Waals surface area contributed by atoms with Crippen LogP contribution in [0.3, 0.4) is 0 Å².